The van der Waals surface area contributed by atoms with E-state index in [9.17, 15) is 0 Å². The Labute approximate surface area is 123 Å². The molecule has 0 radical (unpaired) electrons. The third-order valence-electron chi connectivity index (χ3n) is 4.00. The van der Waals surface area contributed by atoms with Gasteiger partial charge in [0.1, 0.15) is 5.82 Å². The number of anilines is 1. The lowest BCUT2D eigenvalue weighted by Gasteiger charge is -2.28. The van der Waals surface area contributed by atoms with Crippen LogP contribution in [0.5, 0.6) is 0 Å². The highest BCUT2D eigenvalue weighted by molar-refractivity contribution is 5.50. The second-order valence-electron chi connectivity index (χ2n) is 6.30. The number of rotatable bonds is 8. The van der Waals surface area contributed by atoms with Gasteiger partial charge in [0.05, 0.1) is 0 Å². The average molecular weight is 275 g/mol. The van der Waals surface area contributed by atoms with Crippen LogP contribution in [-0.2, 0) is 0 Å². The molecule has 0 aliphatic heterocycles. The van der Waals surface area contributed by atoms with Gasteiger partial charge in [0.2, 0.25) is 0 Å². The molecule has 1 aliphatic rings. The summed E-state index contributed by atoms with van der Waals surface area (Å²) in [5.74, 6) is 1.94. The SMILES string of the molecule is CCNC(C)c1cccnc1N(CCC(C)C)C1CC1. The summed E-state index contributed by atoms with van der Waals surface area (Å²) < 4.78 is 0. The molecule has 1 atom stereocenters. The molecule has 1 N–H and O–H groups in total. The van der Waals surface area contributed by atoms with Gasteiger partial charge in [-0.05, 0) is 44.7 Å². The van der Waals surface area contributed by atoms with E-state index in [-0.39, 0.29) is 0 Å². The molecular weight excluding hydrogens is 246 g/mol. The predicted octanol–water partition coefficient (Wildman–Crippen LogP) is 3.77. The summed E-state index contributed by atoms with van der Waals surface area (Å²) in [5.41, 5.74) is 1.34. The maximum atomic E-state index is 4.71. The van der Waals surface area contributed by atoms with E-state index in [0.717, 1.165) is 25.0 Å². The van der Waals surface area contributed by atoms with Crippen LogP contribution in [0.1, 0.15) is 58.6 Å². The number of nitrogens with zero attached hydrogens (tertiary/aromatic N) is 2. The lowest BCUT2D eigenvalue weighted by Crippen LogP contribution is -2.31. The van der Waals surface area contributed by atoms with Crippen LogP contribution in [-0.4, -0.2) is 24.1 Å². The number of pyridine rings is 1. The highest BCUT2D eigenvalue weighted by Crippen LogP contribution is 2.34. The molecule has 3 nitrogen and oxygen atoms in total. The van der Waals surface area contributed by atoms with E-state index in [0.29, 0.717) is 6.04 Å². The zero-order valence-electron chi connectivity index (χ0n) is 13.4. The van der Waals surface area contributed by atoms with Crippen molar-refractivity contribution in [3.8, 4) is 0 Å². The van der Waals surface area contributed by atoms with Crippen molar-refractivity contribution in [3.63, 3.8) is 0 Å². The van der Waals surface area contributed by atoms with Crippen LogP contribution < -0.4 is 10.2 Å². The van der Waals surface area contributed by atoms with Gasteiger partial charge in [-0.1, -0.05) is 26.8 Å². The molecule has 1 heterocycles. The summed E-state index contributed by atoms with van der Waals surface area (Å²) in [6, 6.07) is 5.36. The topological polar surface area (TPSA) is 28.2 Å². The van der Waals surface area contributed by atoms with E-state index in [2.05, 4.69) is 50.0 Å². The van der Waals surface area contributed by atoms with E-state index < -0.39 is 0 Å². The fraction of sp³-hybridized carbons (Fsp3) is 0.706. The van der Waals surface area contributed by atoms with Gasteiger partial charge < -0.3 is 10.2 Å². The largest absolute Gasteiger partial charge is 0.353 e. The quantitative estimate of drug-likeness (QED) is 0.783. The molecule has 0 spiro atoms. The standard InChI is InChI=1S/C17H29N3/c1-5-18-14(4)16-7-6-11-19-17(16)20(15-8-9-15)12-10-13(2)3/h6-7,11,13-15,18H,5,8-10,12H2,1-4H3. The molecule has 1 aliphatic carbocycles. The molecule has 0 aromatic carbocycles. The molecule has 1 fully saturated rings. The molecule has 0 amide bonds. The minimum Gasteiger partial charge on any atom is -0.353 e. The van der Waals surface area contributed by atoms with E-state index >= 15 is 0 Å². The van der Waals surface area contributed by atoms with Gasteiger partial charge in [0.15, 0.2) is 0 Å². The molecule has 20 heavy (non-hydrogen) atoms. The van der Waals surface area contributed by atoms with Crippen molar-refractivity contribution < 1.29 is 0 Å². The number of hydrogen-bond donors (Lipinski definition) is 1. The van der Waals surface area contributed by atoms with E-state index in [1.807, 2.05) is 6.20 Å². The normalized spacial score (nSPS) is 16.4. The van der Waals surface area contributed by atoms with Crippen molar-refractivity contribution in [1.82, 2.24) is 10.3 Å². The summed E-state index contributed by atoms with van der Waals surface area (Å²) in [6.07, 6.45) is 5.82. The van der Waals surface area contributed by atoms with Crippen LogP contribution in [0, 0.1) is 5.92 Å². The summed E-state index contributed by atoms with van der Waals surface area (Å²) in [7, 11) is 0. The van der Waals surface area contributed by atoms with Crippen LogP contribution in [0.25, 0.3) is 0 Å². The molecule has 1 saturated carbocycles. The Morgan fingerprint density at radius 2 is 2.10 bits per heavy atom. The van der Waals surface area contributed by atoms with Crippen LogP contribution >= 0.6 is 0 Å². The lowest BCUT2D eigenvalue weighted by atomic mass is 10.1. The number of aromatic nitrogens is 1. The molecule has 1 aromatic heterocycles. The molecular formula is C17H29N3. The van der Waals surface area contributed by atoms with Crippen molar-refractivity contribution in [2.24, 2.45) is 5.92 Å². The van der Waals surface area contributed by atoms with Crippen molar-refractivity contribution in [1.29, 1.82) is 0 Å². The minimum absolute atomic E-state index is 0.365. The maximum Gasteiger partial charge on any atom is 0.133 e. The van der Waals surface area contributed by atoms with E-state index in [1.54, 1.807) is 0 Å². The Morgan fingerprint density at radius 3 is 2.70 bits per heavy atom. The molecule has 0 bridgehead atoms. The summed E-state index contributed by atoms with van der Waals surface area (Å²) in [6.45, 7) is 11.1. The Morgan fingerprint density at radius 1 is 1.35 bits per heavy atom. The molecule has 1 unspecified atom stereocenters. The fourth-order valence-electron chi connectivity index (χ4n) is 2.65. The predicted molar refractivity (Wildman–Crippen MR) is 86.2 cm³/mol. The Bertz CT molecular complexity index is 412. The zero-order chi connectivity index (χ0) is 14.5. The van der Waals surface area contributed by atoms with E-state index in [1.165, 1.54) is 30.6 Å². The summed E-state index contributed by atoms with van der Waals surface area (Å²) in [4.78, 5) is 7.25. The van der Waals surface area contributed by atoms with Gasteiger partial charge in [-0.3, -0.25) is 0 Å². The summed E-state index contributed by atoms with van der Waals surface area (Å²) in [5, 5.41) is 3.51. The molecule has 0 saturated heterocycles. The van der Waals surface area contributed by atoms with Crippen molar-refractivity contribution in [2.45, 2.75) is 59.0 Å². The number of hydrogen-bond acceptors (Lipinski definition) is 3. The third-order valence-corrected chi connectivity index (χ3v) is 4.00. The Balaban J connectivity index is 2.19. The Hall–Kier alpha value is -1.09. The second kappa shape index (κ2) is 7.07. The maximum absolute atomic E-state index is 4.71. The number of nitrogens with one attached hydrogen (secondary N) is 1. The van der Waals surface area contributed by atoms with Gasteiger partial charge in [0, 0.05) is 30.4 Å². The minimum atomic E-state index is 0.365. The van der Waals surface area contributed by atoms with Gasteiger partial charge in [-0.25, -0.2) is 4.98 Å². The van der Waals surface area contributed by atoms with Crippen LogP contribution in [0.3, 0.4) is 0 Å². The van der Waals surface area contributed by atoms with Gasteiger partial charge in [-0.2, -0.15) is 0 Å². The fourth-order valence-corrected chi connectivity index (χ4v) is 2.65. The first-order chi connectivity index (χ1) is 9.63. The highest BCUT2D eigenvalue weighted by atomic mass is 15.2. The van der Waals surface area contributed by atoms with Gasteiger partial charge >= 0.3 is 0 Å². The van der Waals surface area contributed by atoms with Crippen molar-refractivity contribution >= 4 is 5.82 Å². The zero-order valence-corrected chi connectivity index (χ0v) is 13.4. The lowest BCUT2D eigenvalue weighted by molar-refractivity contribution is 0.559. The molecule has 112 valence electrons. The van der Waals surface area contributed by atoms with Gasteiger partial charge in [-0.15, -0.1) is 0 Å². The smallest absolute Gasteiger partial charge is 0.133 e. The van der Waals surface area contributed by atoms with Crippen molar-refractivity contribution in [3.05, 3.63) is 23.9 Å². The first-order valence-corrected chi connectivity index (χ1v) is 8.08. The third kappa shape index (κ3) is 3.95. The first-order valence-electron chi connectivity index (χ1n) is 8.08. The molecule has 1 aromatic rings. The van der Waals surface area contributed by atoms with E-state index in [4.69, 9.17) is 4.98 Å². The van der Waals surface area contributed by atoms with Crippen LogP contribution in [0.2, 0.25) is 0 Å². The van der Waals surface area contributed by atoms with Crippen LogP contribution in [0.15, 0.2) is 18.3 Å². The van der Waals surface area contributed by atoms with Crippen molar-refractivity contribution in [2.75, 3.05) is 18.0 Å². The van der Waals surface area contributed by atoms with Gasteiger partial charge in [0.25, 0.3) is 0 Å². The Kier molecular flexibility index (Phi) is 5.41. The second-order valence-corrected chi connectivity index (χ2v) is 6.30. The monoisotopic (exact) mass is 275 g/mol. The van der Waals surface area contributed by atoms with Crippen LogP contribution in [0.4, 0.5) is 5.82 Å². The first kappa shape index (κ1) is 15.3. The molecule has 3 heteroatoms. The molecule has 2 rings (SSSR count). The summed E-state index contributed by atoms with van der Waals surface area (Å²) >= 11 is 0. The average Bonchev–Trinajstić information content (AvgIpc) is 3.24. The highest BCUT2D eigenvalue weighted by Gasteiger charge is 2.31.